The summed E-state index contributed by atoms with van der Waals surface area (Å²) in [5, 5.41) is 8.86. The van der Waals surface area contributed by atoms with Crippen molar-refractivity contribution < 1.29 is 9.18 Å². The quantitative estimate of drug-likeness (QED) is 0.840. The van der Waals surface area contributed by atoms with Crippen molar-refractivity contribution in [1.82, 2.24) is 0 Å². The Morgan fingerprint density at radius 3 is 2.75 bits per heavy atom. The van der Waals surface area contributed by atoms with Crippen molar-refractivity contribution in [2.45, 2.75) is 0 Å². The molecule has 2 rings (SSSR count). The highest BCUT2D eigenvalue weighted by atomic mass is 79.9. The second-order valence-corrected chi connectivity index (χ2v) is 5.07. The number of nitrogens with zero attached hydrogens (tertiary/aromatic N) is 2. The van der Waals surface area contributed by atoms with Gasteiger partial charge in [-0.05, 0) is 36.4 Å². The molecule has 0 aliphatic carbocycles. The molecule has 0 bridgehead atoms. The Morgan fingerprint density at radius 1 is 1.30 bits per heavy atom. The Morgan fingerprint density at radius 2 is 2.05 bits per heavy atom. The van der Waals surface area contributed by atoms with Gasteiger partial charge in [-0.3, -0.25) is 4.79 Å². The van der Waals surface area contributed by atoms with Crippen molar-refractivity contribution in [3.05, 3.63) is 63.9 Å². The van der Waals surface area contributed by atoms with Gasteiger partial charge in [0.05, 0.1) is 17.2 Å². The first kappa shape index (κ1) is 14.2. The van der Waals surface area contributed by atoms with E-state index in [0.717, 1.165) is 0 Å². The lowest BCUT2D eigenvalue weighted by Gasteiger charge is -2.18. The number of anilines is 1. The van der Waals surface area contributed by atoms with Crippen LogP contribution >= 0.6 is 15.9 Å². The molecule has 0 heterocycles. The van der Waals surface area contributed by atoms with Crippen LogP contribution in [0.5, 0.6) is 0 Å². The van der Waals surface area contributed by atoms with Crippen LogP contribution in [0.1, 0.15) is 15.9 Å². The molecule has 0 saturated carbocycles. The molecule has 0 aliphatic rings. The Labute approximate surface area is 124 Å². The van der Waals surface area contributed by atoms with Gasteiger partial charge in [-0.25, -0.2) is 4.39 Å². The van der Waals surface area contributed by atoms with Gasteiger partial charge >= 0.3 is 0 Å². The number of rotatable bonds is 2. The van der Waals surface area contributed by atoms with Crippen molar-refractivity contribution in [2.75, 3.05) is 11.9 Å². The van der Waals surface area contributed by atoms with E-state index < -0.39 is 11.7 Å². The van der Waals surface area contributed by atoms with Gasteiger partial charge in [-0.2, -0.15) is 5.26 Å². The van der Waals surface area contributed by atoms with Crippen LogP contribution in [0.2, 0.25) is 0 Å². The molecule has 0 fully saturated rings. The summed E-state index contributed by atoms with van der Waals surface area (Å²) in [6, 6.07) is 12.8. The van der Waals surface area contributed by atoms with Gasteiger partial charge in [0.2, 0.25) is 0 Å². The number of halogens is 2. The largest absolute Gasteiger partial charge is 0.311 e. The summed E-state index contributed by atoms with van der Waals surface area (Å²) in [6.45, 7) is 0. The molecule has 100 valence electrons. The van der Waals surface area contributed by atoms with Crippen molar-refractivity contribution in [1.29, 1.82) is 5.26 Å². The third-order valence-corrected chi connectivity index (χ3v) is 3.32. The van der Waals surface area contributed by atoms with E-state index in [1.54, 1.807) is 31.3 Å². The highest BCUT2D eigenvalue weighted by molar-refractivity contribution is 9.10. The molecule has 0 unspecified atom stereocenters. The predicted octanol–water partition coefficient (Wildman–Crippen LogP) is 3.74. The van der Waals surface area contributed by atoms with Crippen molar-refractivity contribution >= 4 is 27.5 Å². The van der Waals surface area contributed by atoms with Gasteiger partial charge in [0.25, 0.3) is 5.91 Å². The third-order valence-electron chi connectivity index (χ3n) is 2.83. The molecule has 0 spiro atoms. The summed E-state index contributed by atoms with van der Waals surface area (Å²) in [6.07, 6.45) is 0. The summed E-state index contributed by atoms with van der Waals surface area (Å²) in [7, 11) is 1.54. The van der Waals surface area contributed by atoms with Gasteiger partial charge in [-0.1, -0.05) is 22.0 Å². The van der Waals surface area contributed by atoms with E-state index in [2.05, 4.69) is 15.9 Å². The van der Waals surface area contributed by atoms with Crippen LogP contribution in [0.3, 0.4) is 0 Å². The fourth-order valence-corrected chi connectivity index (χ4v) is 2.10. The van der Waals surface area contributed by atoms with Gasteiger partial charge in [0, 0.05) is 17.2 Å². The van der Waals surface area contributed by atoms with E-state index in [1.165, 1.54) is 23.1 Å². The maximum absolute atomic E-state index is 13.7. The van der Waals surface area contributed by atoms with Crippen LogP contribution in [0.25, 0.3) is 0 Å². The van der Waals surface area contributed by atoms with Gasteiger partial charge in [0.15, 0.2) is 0 Å². The Hall–Kier alpha value is -2.19. The molecule has 0 N–H and O–H groups in total. The maximum Gasteiger partial charge on any atom is 0.261 e. The Balaban J connectivity index is 2.37. The van der Waals surface area contributed by atoms with Crippen molar-refractivity contribution in [3.63, 3.8) is 0 Å². The van der Waals surface area contributed by atoms with E-state index in [0.29, 0.717) is 15.7 Å². The molecule has 0 radical (unpaired) electrons. The molecule has 3 nitrogen and oxygen atoms in total. The van der Waals surface area contributed by atoms with Crippen molar-refractivity contribution in [2.24, 2.45) is 0 Å². The minimum absolute atomic E-state index is 0.0239. The Kier molecular flexibility index (Phi) is 4.16. The minimum atomic E-state index is -0.582. The fourth-order valence-electron chi connectivity index (χ4n) is 1.74. The molecule has 0 saturated heterocycles. The van der Waals surface area contributed by atoms with E-state index >= 15 is 0 Å². The van der Waals surface area contributed by atoms with E-state index in [1.807, 2.05) is 6.07 Å². The number of hydrogen-bond donors (Lipinski definition) is 0. The number of hydrogen-bond acceptors (Lipinski definition) is 2. The first-order chi connectivity index (χ1) is 9.52. The topological polar surface area (TPSA) is 44.1 Å². The van der Waals surface area contributed by atoms with Gasteiger partial charge < -0.3 is 4.90 Å². The summed E-state index contributed by atoms with van der Waals surface area (Å²) in [4.78, 5) is 13.6. The molecule has 0 aromatic heterocycles. The number of nitriles is 1. The van der Waals surface area contributed by atoms with Crippen LogP contribution < -0.4 is 4.90 Å². The summed E-state index contributed by atoms with van der Waals surface area (Å²) in [5.41, 5.74) is 0.953. The zero-order chi connectivity index (χ0) is 14.7. The fraction of sp³-hybridized carbons (Fsp3) is 0.0667. The maximum atomic E-state index is 13.7. The van der Waals surface area contributed by atoms with E-state index in [4.69, 9.17) is 5.26 Å². The average molecular weight is 333 g/mol. The first-order valence-corrected chi connectivity index (χ1v) is 6.55. The van der Waals surface area contributed by atoms with Crippen LogP contribution in [0.4, 0.5) is 10.1 Å². The number of carbonyl (C=O) groups is 1. The average Bonchev–Trinajstić information content (AvgIpc) is 2.48. The molecule has 0 atom stereocenters. The summed E-state index contributed by atoms with van der Waals surface area (Å²) >= 11 is 3.21. The first-order valence-electron chi connectivity index (χ1n) is 5.76. The standard InChI is InChI=1S/C15H10BrFN2O/c1-19(12-4-2-3-10(7-12)9-18)15(20)13-8-11(16)5-6-14(13)17/h2-8H,1H3. The van der Waals surface area contributed by atoms with Crippen LogP contribution in [-0.4, -0.2) is 13.0 Å². The lowest BCUT2D eigenvalue weighted by molar-refractivity contribution is 0.0989. The van der Waals surface area contributed by atoms with Crippen molar-refractivity contribution in [3.8, 4) is 6.07 Å². The number of carbonyl (C=O) groups excluding carboxylic acids is 1. The molecule has 1 amide bonds. The summed E-state index contributed by atoms with van der Waals surface area (Å²) in [5.74, 6) is -1.06. The molecule has 20 heavy (non-hydrogen) atoms. The van der Waals surface area contributed by atoms with Crippen LogP contribution in [-0.2, 0) is 0 Å². The SMILES string of the molecule is CN(C(=O)c1cc(Br)ccc1F)c1cccc(C#N)c1. The molecular weight excluding hydrogens is 323 g/mol. The molecule has 2 aromatic carbocycles. The van der Waals surface area contributed by atoms with E-state index in [9.17, 15) is 9.18 Å². The lowest BCUT2D eigenvalue weighted by Crippen LogP contribution is -2.27. The lowest BCUT2D eigenvalue weighted by atomic mass is 10.1. The predicted molar refractivity (Wildman–Crippen MR) is 78.0 cm³/mol. The zero-order valence-corrected chi connectivity index (χ0v) is 12.2. The smallest absolute Gasteiger partial charge is 0.261 e. The van der Waals surface area contributed by atoms with Gasteiger partial charge in [0.1, 0.15) is 5.82 Å². The molecular formula is C15H10BrFN2O. The highest BCUT2D eigenvalue weighted by Crippen LogP contribution is 2.21. The molecule has 0 aliphatic heterocycles. The summed E-state index contributed by atoms with van der Waals surface area (Å²) < 4.78 is 14.3. The molecule has 2 aromatic rings. The Bertz CT molecular complexity index is 709. The monoisotopic (exact) mass is 332 g/mol. The normalized spacial score (nSPS) is 9.90. The number of benzene rings is 2. The second-order valence-electron chi connectivity index (χ2n) is 4.15. The zero-order valence-electron chi connectivity index (χ0n) is 10.6. The van der Waals surface area contributed by atoms with E-state index in [-0.39, 0.29) is 5.56 Å². The highest BCUT2D eigenvalue weighted by Gasteiger charge is 2.18. The minimum Gasteiger partial charge on any atom is -0.311 e. The van der Waals surface area contributed by atoms with Crippen LogP contribution in [0.15, 0.2) is 46.9 Å². The van der Waals surface area contributed by atoms with Gasteiger partial charge in [-0.15, -0.1) is 0 Å². The third kappa shape index (κ3) is 2.86. The second kappa shape index (κ2) is 5.85. The molecule has 5 heteroatoms. The van der Waals surface area contributed by atoms with Crippen LogP contribution in [0, 0.1) is 17.1 Å². The number of amides is 1.